The van der Waals surface area contributed by atoms with Crippen LogP contribution in [0.5, 0.6) is 0 Å². The largest absolute Gasteiger partial charge is 0.371 e. The topological polar surface area (TPSA) is 78.4 Å². The zero-order chi connectivity index (χ0) is 12.3. The first-order valence-electron chi connectivity index (χ1n) is 5.17. The zero-order valence-corrected chi connectivity index (χ0v) is 8.96. The van der Waals surface area contributed by atoms with Gasteiger partial charge in [0.05, 0.1) is 0 Å². The summed E-state index contributed by atoms with van der Waals surface area (Å²) >= 11 is 0. The fourth-order valence-electron chi connectivity index (χ4n) is 1.63. The Bertz CT molecular complexity index is 456. The third-order valence-corrected chi connectivity index (χ3v) is 2.46. The van der Waals surface area contributed by atoms with Gasteiger partial charge in [0.2, 0.25) is 5.78 Å². The number of aldehydes is 1. The van der Waals surface area contributed by atoms with Crippen LogP contribution in [0.3, 0.4) is 0 Å². The molecule has 2 unspecified atom stereocenters. The fraction of sp³-hybridized carbons (Fsp3) is 0.167. The maximum Gasteiger partial charge on any atom is 0.221 e. The molecule has 1 heterocycles. The van der Waals surface area contributed by atoms with E-state index >= 15 is 0 Å². The Hall–Kier alpha value is -2.14. The second-order valence-corrected chi connectivity index (χ2v) is 3.70. The van der Waals surface area contributed by atoms with Gasteiger partial charge in [0, 0.05) is 0 Å². The molecule has 0 saturated carbocycles. The molecule has 1 aromatic carbocycles. The smallest absolute Gasteiger partial charge is 0.221 e. The number of ketones is 1. The number of rotatable bonds is 3. The third kappa shape index (κ3) is 2.51. The highest BCUT2D eigenvalue weighted by atomic mass is 16.3. The van der Waals surface area contributed by atoms with Crippen molar-refractivity contribution in [3.63, 3.8) is 0 Å². The summed E-state index contributed by atoms with van der Waals surface area (Å²) in [6.45, 7) is 0. The molecule has 0 radical (unpaired) electrons. The molecule has 2 rings (SSSR count). The number of nitrogens with one attached hydrogen (secondary N) is 2. The lowest BCUT2D eigenvalue weighted by atomic mass is 10.2. The molecule has 88 valence electrons. The van der Waals surface area contributed by atoms with E-state index in [4.69, 9.17) is 0 Å². The van der Waals surface area contributed by atoms with Gasteiger partial charge in [-0.05, 0) is 11.6 Å². The van der Waals surface area contributed by atoms with Crippen molar-refractivity contribution >= 4 is 18.1 Å². The van der Waals surface area contributed by atoms with E-state index in [2.05, 4.69) is 10.6 Å². The number of carbonyl (C=O) groups excluding carboxylic acids is 2. The predicted molar refractivity (Wildman–Crippen MR) is 61.6 cm³/mol. The Balaban J connectivity index is 2.14. The highest BCUT2D eigenvalue weighted by Gasteiger charge is 2.32. The van der Waals surface area contributed by atoms with Crippen LogP contribution in [0.1, 0.15) is 5.56 Å². The molecule has 1 aliphatic rings. The molecule has 0 aliphatic carbocycles. The lowest BCUT2D eigenvalue weighted by molar-refractivity contribution is -0.132. The van der Waals surface area contributed by atoms with E-state index in [1.165, 1.54) is 0 Å². The molecule has 1 fully saturated rings. The first-order valence-corrected chi connectivity index (χ1v) is 5.17. The number of Topliss-reactive ketones (excluding diaryl/α,β-unsaturated/α-hetero) is 1. The van der Waals surface area contributed by atoms with E-state index in [-0.39, 0.29) is 6.29 Å². The van der Waals surface area contributed by atoms with Gasteiger partial charge < -0.3 is 15.7 Å². The molecule has 0 spiro atoms. The summed E-state index contributed by atoms with van der Waals surface area (Å²) in [7, 11) is 0. The van der Waals surface area contributed by atoms with E-state index in [1.807, 2.05) is 30.3 Å². The lowest BCUT2D eigenvalue weighted by Gasteiger charge is -2.07. The van der Waals surface area contributed by atoms with Crippen molar-refractivity contribution in [2.45, 2.75) is 12.3 Å². The first kappa shape index (κ1) is 11.3. The molecule has 1 aromatic rings. The van der Waals surface area contributed by atoms with Gasteiger partial charge in [-0.25, -0.2) is 0 Å². The van der Waals surface area contributed by atoms with E-state index in [9.17, 15) is 14.7 Å². The van der Waals surface area contributed by atoms with Crippen LogP contribution in [0, 0.1) is 0 Å². The fourth-order valence-corrected chi connectivity index (χ4v) is 1.63. The van der Waals surface area contributed by atoms with Crippen molar-refractivity contribution in [1.29, 1.82) is 0 Å². The number of hydrogen-bond donors (Lipinski definition) is 3. The van der Waals surface area contributed by atoms with Gasteiger partial charge in [0.25, 0.3) is 0 Å². The predicted octanol–water partition coefficient (Wildman–Crippen LogP) is -0.367. The molecule has 1 saturated heterocycles. The molecule has 5 heteroatoms. The Morgan fingerprint density at radius 2 is 1.94 bits per heavy atom. The van der Waals surface area contributed by atoms with Crippen LogP contribution in [0.2, 0.25) is 0 Å². The zero-order valence-electron chi connectivity index (χ0n) is 8.96. The minimum Gasteiger partial charge on any atom is -0.371 e. The van der Waals surface area contributed by atoms with Crippen LogP contribution in [0.25, 0.3) is 6.08 Å². The van der Waals surface area contributed by atoms with Gasteiger partial charge in [-0.15, -0.1) is 0 Å². The van der Waals surface area contributed by atoms with Crippen LogP contribution >= 0.6 is 0 Å². The maximum absolute atomic E-state index is 11.2. The van der Waals surface area contributed by atoms with Gasteiger partial charge in [-0.2, -0.15) is 0 Å². The third-order valence-electron chi connectivity index (χ3n) is 2.46. The number of carbonyl (C=O) groups is 2. The summed E-state index contributed by atoms with van der Waals surface area (Å²) in [5.74, 6) is -0.162. The standard InChI is InChI=1S/C12H12N2O3/c15-7-9(16)11-12(17)14-10(13-11)6-8-4-2-1-3-5-8/h1-7,11-14,17H. The molecule has 2 atom stereocenters. The van der Waals surface area contributed by atoms with Crippen molar-refractivity contribution in [2.24, 2.45) is 0 Å². The quantitative estimate of drug-likeness (QED) is 0.489. The summed E-state index contributed by atoms with van der Waals surface area (Å²) in [5, 5.41) is 15.0. The van der Waals surface area contributed by atoms with Crippen molar-refractivity contribution in [2.75, 3.05) is 0 Å². The van der Waals surface area contributed by atoms with E-state index in [0.717, 1.165) is 5.56 Å². The molecule has 1 aliphatic heterocycles. The summed E-state index contributed by atoms with van der Waals surface area (Å²) in [6.07, 6.45) is 0.873. The highest BCUT2D eigenvalue weighted by molar-refractivity contribution is 6.27. The molecule has 3 N–H and O–H groups in total. The molecule has 0 aromatic heterocycles. The molecule has 5 nitrogen and oxygen atoms in total. The van der Waals surface area contributed by atoms with E-state index in [1.54, 1.807) is 6.08 Å². The molecular formula is C12H12N2O3. The number of hydrogen-bond acceptors (Lipinski definition) is 5. The monoisotopic (exact) mass is 232 g/mol. The van der Waals surface area contributed by atoms with Crippen molar-refractivity contribution in [1.82, 2.24) is 10.6 Å². The van der Waals surface area contributed by atoms with Crippen molar-refractivity contribution in [3.8, 4) is 0 Å². The van der Waals surface area contributed by atoms with Crippen LogP contribution in [0.4, 0.5) is 0 Å². The average Bonchev–Trinajstić information content (AvgIpc) is 2.70. The van der Waals surface area contributed by atoms with Gasteiger partial charge in [0.1, 0.15) is 11.9 Å². The summed E-state index contributed by atoms with van der Waals surface area (Å²) in [5.41, 5.74) is 0.925. The minimum atomic E-state index is -1.08. The average molecular weight is 232 g/mol. The molecule has 0 bridgehead atoms. The van der Waals surface area contributed by atoms with Gasteiger partial charge in [-0.1, -0.05) is 30.3 Å². The SMILES string of the molecule is O=CC(=O)C1NC(=Cc2ccccc2)NC1O. The van der Waals surface area contributed by atoms with Crippen LogP contribution in [-0.4, -0.2) is 29.4 Å². The Morgan fingerprint density at radius 1 is 1.24 bits per heavy atom. The summed E-state index contributed by atoms with van der Waals surface area (Å²) in [4.78, 5) is 21.5. The van der Waals surface area contributed by atoms with Gasteiger partial charge in [-0.3, -0.25) is 9.59 Å². The number of aliphatic hydroxyl groups excluding tert-OH is 1. The first-order chi connectivity index (χ1) is 8.20. The van der Waals surface area contributed by atoms with Gasteiger partial charge in [0.15, 0.2) is 12.5 Å². The molecular weight excluding hydrogens is 220 g/mol. The number of aliphatic hydroxyl groups is 1. The van der Waals surface area contributed by atoms with Crippen molar-refractivity contribution in [3.05, 3.63) is 41.7 Å². The van der Waals surface area contributed by atoms with E-state index in [0.29, 0.717) is 5.82 Å². The van der Waals surface area contributed by atoms with Gasteiger partial charge >= 0.3 is 0 Å². The maximum atomic E-state index is 11.2. The second-order valence-electron chi connectivity index (χ2n) is 3.70. The lowest BCUT2D eigenvalue weighted by Crippen LogP contribution is -2.40. The van der Waals surface area contributed by atoms with Crippen molar-refractivity contribution < 1.29 is 14.7 Å². The Morgan fingerprint density at radius 3 is 2.59 bits per heavy atom. The van der Waals surface area contributed by atoms with Crippen LogP contribution in [0.15, 0.2) is 36.2 Å². The highest BCUT2D eigenvalue weighted by Crippen LogP contribution is 2.10. The summed E-state index contributed by atoms with van der Waals surface area (Å²) < 4.78 is 0. The normalized spacial score (nSPS) is 25.1. The molecule has 0 amide bonds. The van der Waals surface area contributed by atoms with Crippen LogP contribution < -0.4 is 10.6 Å². The summed E-state index contributed by atoms with van der Waals surface area (Å²) in [6, 6.07) is 8.51. The number of benzene rings is 1. The second kappa shape index (κ2) is 4.80. The Kier molecular flexibility index (Phi) is 3.20. The Labute approximate surface area is 98.1 Å². The minimum absolute atomic E-state index is 0.202. The molecule has 17 heavy (non-hydrogen) atoms. The van der Waals surface area contributed by atoms with Crippen LogP contribution in [-0.2, 0) is 9.59 Å². The van der Waals surface area contributed by atoms with E-state index < -0.39 is 18.1 Å².